The van der Waals surface area contributed by atoms with Crippen molar-refractivity contribution in [2.24, 2.45) is 0 Å². The number of aromatic nitrogens is 6. The molecule has 0 saturated carbocycles. The molecule has 0 aliphatic heterocycles. The van der Waals surface area contributed by atoms with E-state index in [0.717, 1.165) is 15.3 Å². The Labute approximate surface area is 122 Å². The van der Waals surface area contributed by atoms with Gasteiger partial charge in [-0.3, -0.25) is 9.20 Å². The number of nitrogens with zero attached hydrogens (tertiary/aromatic N) is 5. The molecule has 8 heteroatoms. The van der Waals surface area contributed by atoms with Crippen LogP contribution in [0.15, 0.2) is 23.1 Å². The molecule has 0 atom stereocenters. The van der Waals surface area contributed by atoms with Crippen LogP contribution in [-0.4, -0.2) is 30.0 Å². The lowest BCUT2D eigenvalue weighted by Gasteiger charge is -2.03. The first kappa shape index (κ1) is 12.2. The highest BCUT2D eigenvalue weighted by molar-refractivity contribution is 7.13. The highest BCUT2D eigenvalue weighted by atomic mass is 32.1. The van der Waals surface area contributed by atoms with Crippen molar-refractivity contribution in [1.29, 1.82) is 0 Å². The van der Waals surface area contributed by atoms with Gasteiger partial charge in [-0.2, -0.15) is 5.21 Å². The van der Waals surface area contributed by atoms with Crippen molar-refractivity contribution in [3.8, 4) is 11.4 Å². The second-order valence-electron chi connectivity index (χ2n) is 4.74. The van der Waals surface area contributed by atoms with Gasteiger partial charge >= 0.3 is 0 Å². The van der Waals surface area contributed by atoms with Gasteiger partial charge in [0.15, 0.2) is 0 Å². The number of pyridine rings is 1. The van der Waals surface area contributed by atoms with Crippen molar-refractivity contribution in [2.75, 3.05) is 0 Å². The topological polar surface area (TPSA) is 88.8 Å². The number of hydrogen-bond acceptors (Lipinski definition) is 6. The van der Waals surface area contributed by atoms with E-state index in [1.807, 2.05) is 19.9 Å². The van der Waals surface area contributed by atoms with E-state index in [9.17, 15) is 4.79 Å². The number of fused-ring (bicyclic) bond motifs is 2. The van der Waals surface area contributed by atoms with Gasteiger partial charge in [0.05, 0.1) is 10.9 Å². The van der Waals surface area contributed by atoms with Crippen molar-refractivity contribution in [3.05, 3.63) is 38.4 Å². The van der Waals surface area contributed by atoms with Crippen molar-refractivity contribution in [3.63, 3.8) is 0 Å². The van der Waals surface area contributed by atoms with Crippen LogP contribution in [-0.2, 0) is 0 Å². The molecular formula is C13H10N6OS. The summed E-state index contributed by atoms with van der Waals surface area (Å²) in [5.41, 5.74) is 2.04. The Morgan fingerprint density at radius 3 is 2.86 bits per heavy atom. The molecule has 0 aliphatic rings. The summed E-state index contributed by atoms with van der Waals surface area (Å²) in [5, 5.41) is 14.5. The molecule has 4 rings (SSSR count). The van der Waals surface area contributed by atoms with E-state index in [0.29, 0.717) is 22.4 Å². The molecule has 1 N–H and O–H groups in total. The lowest BCUT2D eigenvalue weighted by atomic mass is 10.2. The fourth-order valence-corrected chi connectivity index (χ4v) is 3.45. The fourth-order valence-electron chi connectivity index (χ4n) is 2.46. The van der Waals surface area contributed by atoms with Crippen LogP contribution in [0.2, 0.25) is 0 Å². The highest BCUT2D eigenvalue weighted by Crippen LogP contribution is 2.26. The summed E-state index contributed by atoms with van der Waals surface area (Å²) in [6.07, 6.45) is 1.70. The summed E-state index contributed by atoms with van der Waals surface area (Å²) in [4.78, 5) is 19.3. The minimum absolute atomic E-state index is 0.0674. The minimum Gasteiger partial charge on any atom is -0.268 e. The Morgan fingerprint density at radius 2 is 2.10 bits per heavy atom. The maximum Gasteiger partial charge on any atom is 0.266 e. The first-order valence-corrected chi connectivity index (χ1v) is 7.13. The summed E-state index contributed by atoms with van der Waals surface area (Å²) < 4.78 is 1.53. The van der Waals surface area contributed by atoms with Crippen LogP contribution in [0.3, 0.4) is 0 Å². The van der Waals surface area contributed by atoms with Gasteiger partial charge < -0.3 is 0 Å². The SMILES string of the molecule is Cc1sc(C)c2c(=O)n3cc(-c4nn[nH]n4)ccc3nc12. The van der Waals surface area contributed by atoms with Crippen molar-refractivity contribution >= 4 is 27.9 Å². The van der Waals surface area contributed by atoms with Gasteiger partial charge in [-0.1, -0.05) is 0 Å². The van der Waals surface area contributed by atoms with Crippen LogP contribution < -0.4 is 5.56 Å². The average Bonchev–Trinajstić information content (AvgIpc) is 3.08. The third kappa shape index (κ3) is 1.69. The predicted molar refractivity (Wildman–Crippen MR) is 79.5 cm³/mol. The second kappa shape index (κ2) is 4.19. The van der Waals surface area contributed by atoms with Gasteiger partial charge in [0.25, 0.3) is 5.56 Å². The zero-order chi connectivity index (χ0) is 14.6. The normalized spacial score (nSPS) is 11.5. The van der Waals surface area contributed by atoms with Gasteiger partial charge in [0, 0.05) is 21.5 Å². The van der Waals surface area contributed by atoms with Crippen LogP contribution in [0, 0.1) is 13.8 Å². The van der Waals surface area contributed by atoms with Gasteiger partial charge in [0.2, 0.25) is 5.82 Å². The Kier molecular flexibility index (Phi) is 2.43. The van der Waals surface area contributed by atoms with Crippen LogP contribution in [0.4, 0.5) is 0 Å². The van der Waals surface area contributed by atoms with Gasteiger partial charge in [-0.25, -0.2) is 4.98 Å². The lowest BCUT2D eigenvalue weighted by Crippen LogP contribution is -2.15. The van der Waals surface area contributed by atoms with Gasteiger partial charge in [0.1, 0.15) is 5.65 Å². The van der Waals surface area contributed by atoms with Crippen LogP contribution >= 0.6 is 11.3 Å². The molecule has 0 saturated heterocycles. The van der Waals surface area contributed by atoms with E-state index in [1.54, 1.807) is 23.6 Å². The lowest BCUT2D eigenvalue weighted by molar-refractivity contribution is 0.881. The summed E-state index contributed by atoms with van der Waals surface area (Å²) in [6, 6.07) is 3.62. The molecule has 4 aromatic heterocycles. The Bertz CT molecular complexity index is 1030. The number of aryl methyl sites for hydroxylation is 2. The number of H-pyrrole nitrogens is 1. The zero-order valence-electron chi connectivity index (χ0n) is 11.3. The molecule has 0 unspecified atom stereocenters. The third-order valence-corrected chi connectivity index (χ3v) is 4.43. The maximum atomic E-state index is 12.7. The molecule has 0 aromatic carbocycles. The van der Waals surface area contributed by atoms with Crippen LogP contribution in [0.5, 0.6) is 0 Å². The van der Waals surface area contributed by atoms with Crippen molar-refractivity contribution < 1.29 is 0 Å². The number of aromatic amines is 1. The summed E-state index contributed by atoms with van der Waals surface area (Å²) in [5.74, 6) is 0.446. The smallest absolute Gasteiger partial charge is 0.266 e. The van der Waals surface area contributed by atoms with Crippen LogP contribution in [0.1, 0.15) is 9.75 Å². The third-order valence-electron chi connectivity index (χ3n) is 3.42. The molecule has 104 valence electrons. The van der Waals surface area contributed by atoms with Crippen LogP contribution in [0.25, 0.3) is 27.9 Å². The van der Waals surface area contributed by atoms with Gasteiger partial charge in [-0.05, 0) is 31.2 Å². The summed E-state index contributed by atoms with van der Waals surface area (Å²) in [6.45, 7) is 3.93. The number of thiophene rings is 1. The van der Waals surface area contributed by atoms with E-state index in [2.05, 4.69) is 25.6 Å². The predicted octanol–water partition coefficient (Wildman–Crippen LogP) is 1.71. The maximum absolute atomic E-state index is 12.7. The molecular weight excluding hydrogens is 288 g/mol. The molecule has 4 aromatic rings. The first-order chi connectivity index (χ1) is 10.1. The van der Waals surface area contributed by atoms with Gasteiger partial charge in [-0.15, -0.1) is 21.5 Å². The van der Waals surface area contributed by atoms with E-state index in [4.69, 9.17) is 0 Å². The number of nitrogens with one attached hydrogen (secondary N) is 1. The standard InChI is InChI=1S/C13H10N6OS/c1-6-10-11(7(2)21-6)14-9-4-3-8(5-19(9)13(10)20)12-15-17-18-16-12/h3-5H,1-2H3,(H,15,16,17,18). The fraction of sp³-hybridized carbons (Fsp3) is 0.154. The highest BCUT2D eigenvalue weighted by Gasteiger charge is 2.14. The minimum atomic E-state index is -0.0674. The molecule has 0 aliphatic carbocycles. The molecule has 7 nitrogen and oxygen atoms in total. The average molecular weight is 298 g/mol. The van der Waals surface area contributed by atoms with E-state index < -0.39 is 0 Å². The van der Waals surface area contributed by atoms with Crippen molar-refractivity contribution in [1.82, 2.24) is 30.0 Å². The number of rotatable bonds is 1. The molecule has 0 amide bonds. The number of hydrogen-bond donors (Lipinski definition) is 1. The Morgan fingerprint density at radius 1 is 1.24 bits per heavy atom. The molecule has 0 spiro atoms. The Hall–Kier alpha value is -2.61. The van der Waals surface area contributed by atoms with E-state index in [1.165, 1.54) is 4.40 Å². The summed E-state index contributed by atoms with van der Waals surface area (Å²) >= 11 is 1.59. The molecule has 4 heterocycles. The van der Waals surface area contributed by atoms with E-state index in [-0.39, 0.29) is 5.56 Å². The molecule has 0 bridgehead atoms. The molecule has 21 heavy (non-hydrogen) atoms. The Balaban J connectivity index is 2.12. The first-order valence-electron chi connectivity index (χ1n) is 6.31. The van der Waals surface area contributed by atoms with Crippen molar-refractivity contribution in [2.45, 2.75) is 13.8 Å². The second-order valence-corrected chi connectivity index (χ2v) is 6.17. The number of tetrazole rings is 1. The molecule has 0 radical (unpaired) electrons. The quantitative estimate of drug-likeness (QED) is 0.578. The summed E-state index contributed by atoms with van der Waals surface area (Å²) in [7, 11) is 0. The molecule has 0 fully saturated rings. The monoisotopic (exact) mass is 298 g/mol. The largest absolute Gasteiger partial charge is 0.268 e. The zero-order valence-corrected chi connectivity index (χ0v) is 12.1. The van der Waals surface area contributed by atoms with E-state index >= 15 is 0 Å².